The summed E-state index contributed by atoms with van der Waals surface area (Å²) >= 11 is 6.14. The molecule has 1 aromatic carbocycles. The Kier molecular flexibility index (Phi) is 7.94. The Bertz CT molecular complexity index is 569. The number of halogens is 2. The second kappa shape index (κ2) is 9.44. The molecule has 0 spiro atoms. The molecule has 0 aliphatic carbocycles. The highest BCUT2D eigenvalue weighted by Crippen LogP contribution is 2.38. The molecular weight excluding hydrogens is 345 g/mol. The predicted molar refractivity (Wildman–Crippen MR) is 88.5 cm³/mol. The summed E-state index contributed by atoms with van der Waals surface area (Å²) in [6.07, 6.45) is 0.590. The highest BCUT2D eigenvalue weighted by Gasteiger charge is 2.16. The van der Waals surface area contributed by atoms with Crippen LogP contribution in [0.1, 0.15) is 5.56 Å². The van der Waals surface area contributed by atoms with Gasteiger partial charge in [-0.3, -0.25) is 9.59 Å². The number of benzene rings is 1. The summed E-state index contributed by atoms with van der Waals surface area (Å²) in [5.74, 6) is 0.541. The van der Waals surface area contributed by atoms with E-state index in [1.807, 2.05) is 6.07 Å². The molecular formula is C14H19Cl2N3O4. The molecule has 0 bridgehead atoms. The zero-order valence-corrected chi connectivity index (χ0v) is 14.0. The maximum absolute atomic E-state index is 11.5. The molecule has 0 saturated heterocycles. The fourth-order valence-corrected chi connectivity index (χ4v) is 2.26. The summed E-state index contributed by atoms with van der Waals surface area (Å²) in [6, 6.07) is 3.64. The summed E-state index contributed by atoms with van der Waals surface area (Å²) in [7, 11) is 0. The molecule has 4 N–H and O–H groups in total. The van der Waals surface area contributed by atoms with E-state index in [-0.39, 0.29) is 37.3 Å². The van der Waals surface area contributed by atoms with E-state index in [0.717, 1.165) is 5.56 Å². The van der Waals surface area contributed by atoms with Crippen molar-refractivity contribution in [3.8, 4) is 11.5 Å². The Balaban J connectivity index is 0.00000264. The maximum Gasteiger partial charge on any atom is 0.239 e. The van der Waals surface area contributed by atoms with Crippen LogP contribution in [-0.2, 0) is 16.0 Å². The molecule has 0 radical (unpaired) electrons. The third-order valence-corrected chi connectivity index (χ3v) is 3.30. The summed E-state index contributed by atoms with van der Waals surface area (Å²) in [5.41, 5.74) is 6.06. The Morgan fingerprint density at radius 1 is 1.17 bits per heavy atom. The number of rotatable bonds is 6. The van der Waals surface area contributed by atoms with Crippen molar-refractivity contribution in [1.82, 2.24) is 10.6 Å². The first-order chi connectivity index (χ1) is 10.6. The van der Waals surface area contributed by atoms with Gasteiger partial charge in [0, 0.05) is 6.54 Å². The van der Waals surface area contributed by atoms with Gasteiger partial charge >= 0.3 is 0 Å². The smallest absolute Gasteiger partial charge is 0.239 e. The molecule has 23 heavy (non-hydrogen) atoms. The molecule has 128 valence electrons. The highest BCUT2D eigenvalue weighted by molar-refractivity contribution is 6.32. The Hall–Kier alpha value is -1.70. The van der Waals surface area contributed by atoms with Crippen molar-refractivity contribution >= 4 is 35.8 Å². The molecule has 7 nitrogen and oxygen atoms in total. The number of ether oxygens (including phenoxy) is 2. The van der Waals surface area contributed by atoms with Crippen LogP contribution in [0.4, 0.5) is 0 Å². The lowest BCUT2D eigenvalue weighted by Gasteiger charge is -2.20. The van der Waals surface area contributed by atoms with E-state index in [0.29, 0.717) is 42.7 Å². The van der Waals surface area contributed by atoms with Crippen LogP contribution < -0.4 is 25.8 Å². The van der Waals surface area contributed by atoms with Crippen molar-refractivity contribution in [2.24, 2.45) is 5.73 Å². The van der Waals surface area contributed by atoms with E-state index in [1.165, 1.54) is 0 Å². The SMILES string of the molecule is Cl.NCC(=O)NCC(=O)NCCc1cc(Cl)c2c(c1)OCCO2. The highest BCUT2D eigenvalue weighted by atomic mass is 35.5. The van der Waals surface area contributed by atoms with Gasteiger partial charge in [-0.15, -0.1) is 12.4 Å². The van der Waals surface area contributed by atoms with Crippen LogP contribution in [0.15, 0.2) is 12.1 Å². The molecule has 0 unspecified atom stereocenters. The number of amides is 2. The van der Waals surface area contributed by atoms with E-state index in [2.05, 4.69) is 10.6 Å². The van der Waals surface area contributed by atoms with Crippen molar-refractivity contribution in [3.05, 3.63) is 22.7 Å². The van der Waals surface area contributed by atoms with Gasteiger partial charge < -0.3 is 25.8 Å². The Morgan fingerprint density at radius 3 is 2.65 bits per heavy atom. The first kappa shape index (κ1) is 19.3. The predicted octanol–water partition coefficient (Wildman–Crippen LogP) is 0.267. The molecule has 1 aliphatic heterocycles. The molecule has 0 aromatic heterocycles. The van der Waals surface area contributed by atoms with E-state index in [1.54, 1.807) is 6.07 Å². The quantitative estimate of drug-likeness (QED) is 0.672. The number of fused-ring (bicyclic) bond motifs is 1. The van der Waals surface area contributed by atoms with Crippen LogP contribution >= 0.6 is 24.0 Å². The fraction of sp³-hybridized carbons (Fsp3) is 0.429. The van der Waals surface area contributed by atoms with Crippen LogP contribution in [0.3, 0.4) is 0 Å². The monoisotopic (exact) mass is 363 g/mol. The van der Waals surface area contributed by atoms with E-state index in [9.17, 15) is 9.59 Å². The average Bonchev–Trinajstić information content (AvgIpc) is 2.52. The van der Waals surface area contributed by atoms with Crippen molar-refractivity contribution < 1.29 is 19.1 Å². The molecule has 0 atom stereocenters. The summed E-state index contributed by atoms with van der Waals surface area (Å²) in [4.78, 5) is 22.4. The van der Waals surface area contributed by atoms with Gasteiger partial charge in [0.1, 0.15) is 13.2 Å². The van der Waals surface area contributed by atoms with E-state index in [4.69, 9.17) is 26.8 Å². The van der Waals surface area contributed by atoms with Crippen LogP contribution in [0.25, 0.3) is 0 Å². The minimum atomic E-state index is -0.367. The van der Waals surface area contributed by atoms with Crippen molar-refractivity contribution in [1.29, 1.82) is 0 Å². The van der Waals surface area contributed by atoms with Crippen molar-refractivity contribution in [2.75, 3.05) is 32.8 Å². The summed E-state index contributed by atoms with van der Waals surface area (Å²) < 4.78 is 10.9. The fourth-order valence-electron chi connectivity index (χ4n) is 1.97. The van der Waals surface area contributed by atoms with Gasteiger partial charge in [0.2, 0.25) is 11.8 Å². The van der Waals surface area contributed by atoms with E-state index >= 15 is 0 Å². The molecule has 2 rings (SSSR count). The minimum Gasteiger partial charge on any atom is -0.486 e. The number of carbonyl (C=O) groups excluding carboxylic acids is 2. The molecule has 2 amide bonds. The van der Waals surface area contributed by atoms with Gasteiger partial charge in [0.05, 0.1) is 18.1 Å². The number of hydrogen-bond donors (Lipinski definition) is 3. The molecule has 1 aromatic rings. The van der Waals surface area contributed by atoms with Gasteiger partial charge in [-0.25, -0.2) is 0 Å². The third-order valence-electron chi connectivity index (χ3n) is 3.02. The summed E-state index contributed by atoms with van der Waals surface area (Å²) in [6.45, 7) is 1.18. The number of nitrogens with two attached hydrogens (primary N) is 1. The van der Waals surface area contributed by atoms with Crippen LogP contribution in [0.5, 0.6) is 11.5 Å². The van der Waals surface area contributed by atoms with Crippen LogP contribution in [-0.4, -0.2) is 44.7 Å². The molecule has 1 aliphatic rings. The third kappa shape index (κ3) is 5.78. The zero-order valence-electron chi connectivity index (χ0n) is 12.4. The molecule has 9 heteroatoms. The second-order valence-corrected chi connectivity index (χ2v) is 5.09. The van der Waals surface area contributed by atoms with E-state index < -0.39 is 0 Å². The lowest BCUT2D eigenvalue weighted by atomic mass is 10.1. The number of hydrogen-bond acceptors (Lipinski definition) is 5. The first-order valence-electron chi connectivity index (χ1n) is 6.91. The molecule has 0 fully saturated rings. The number of nitrogens with one attached hydrogen (secondary N) is 2. The lowest BCUT2D eigenvalue weighted by Crippen LogP contribution is -2.40. The van der Waals surface area contributed by atoms with Crippen molar-refractivity contribution in [2.45, 2.75) is 6.42 Å². The largest absolute Gasteiger partial charge is 0.486 e. The lowest BCUT2D eigenvalue weighted by molar-refractivity contribution is -0.125. The zero-order chi connectivity index (χ0) is 15.9. The van der Waals surface area contributed by atoms with Gasteiger partial charge in [0.15, 0.2) is 11.5 Å². The Labute approximate surface area is 145 Å². The summed E-state index contributed by atoms with van der Waals surface area (Å²) in [5, 5.41) is 5.59. The van der Waals surface area contributed by atoms with Gasteiger partial charge in [-0.05, 0) is 24.1 Å². The topological polar surface area (TPSA) is 103 Å². The normalized spacial score (nSPS) is 12.1. The Morgan fingerprint density at radius 2 is 1.91 bits per heavy atom. The molecule has 1 heterocycles. The first-order valence-corrected chi connectivity index (χ1v) is 7.29. The maximum atomic E-state index is 11.5. The average molecular weight is 364 g/mol. The standard InChI is InChI=1S/C14H18ClN3O4.ClH/c15-10-5-9(6-11-14(10)22-4-3-21-11)1-2-17-13(20)8-18-12(19)7-16;/h5-6H,1-4,7-8,16H2,(H,17,20)(H,18,19);1H. The minimum absolute atomic E-state index is 0. The van der Waals surface area contributed by atoms with Gasteiger partial charge in [0.25, 0.3) is 0 Å². The van der Waals surface area contributed by atoms with Crippen LogP contribution in [0, 0.1) is 0 Å². The van der Waals surface area contributed by atoms with Crippen molar-refractivity contribution in [3.63, 3.8) is 0 Å². The molecule has 0 saturated carbocycles. The van der Waals surface area contributed by atoms with Crippen LogP contribution in [0.2, 0.25) is 5.02 Å². The number of carbonyl (C=O) groups is 2. The van der Waals surface area contributed by atoms with Gasteiger partial charge in [-0.1, -0.05) is 11.6 Å². The second-order valence-electron chi connectivity index (χ2n) is 4.68. The van der Waals surface area contributed by atoms with Gasteiger partial charge in [-0.2, -0.15) is 0 Å².